The van der Waals surface area contributed by atoms with Gasteiger partial charge in [-0.3, -0.25) is 19.7 Å². The van der Waals surface area contributed by atoms with Crippen LogP contribution < -0.4 is 10.6 Å². The summed E-state index contributed by atoms with van der Waals surface area (Å²) in [6, 6.07) is 19.7. The SMILES string of the molecule is Cc1cc(C(=O)Nc2cccc(NC(=O)c3ccccc3)c2)ccc1[N+](=O)[O-]. The second kappa shape index (κ2) is 8.13. The number of nitro groups is 1. The fourth-order valence-electron chi connectivity index (χ4n) is 2.67. The lowest BCUT2D eigenvalue weighted by Gasteiger charge is -2.09. The average Bonchev–Trinajstić information content (AvgIpc) is 2.68. The fourth-order valence-corrected chi connectivity index (χ4v) is 2.67. The Balaban J connectivity index is 1.72. The van der Waals surface area contributed by atoms with E-state index in [0.29, 0.717) is 28.1 Å². The van der Waals surface area contributed by atoms with Gasteiger partial charge in [0, 0.05) is 34.1 Å². The van der Waals surface area contributed by atoms with Crippen LogP contribution in [-0.2, 0) is 0 Å². The van der Waals surface area contributed by atoms with Crippen LogP contribution in [0, 0.1) is 17.0 Å². The van der Waals surface area contributed by atoms with Crippen molar-refractivity contribution in [2.45, 2.75) is 6.92 Å². The molecule has 0 saturated carbocycles. The zero-order chi connectivity index (χ0) is 20.1. The first kappa shape index (κ1) is 18.8. The Kier molecular flexibility index (Phi) is 5.45. The van der Waals surface area contributed by atoms with Gasteiger partial charge < -0.3 is 10.6 Å². The van der Waals surface area contributed by atoms with Gasteiger partial charge in [-0.25, -0.2) is 0 Å². The van der Waals surface area contributed by atoms with Crippen LogP contribution in [0.1, 0.15) is 26.3 Å². The number of hydrogen-bond donors (Lipinski definition) is 2. The number of nitrogens with zero attached hydrogens (tertiary/aromatic N) is 1. The summed E-state index contributed by atoms with van der Waals surface area (Å²) in [5, 5.41) is 16.4. The van der Waals surface area contributed by atoms with E-state index in [1.165, 1.54) is 18.2 Å². The molecule has 0 spiro atoms. The maximum absolute atomic E-state index is 12.4. The van der Waals surface area contributed by atoms with Crippen LogP contribution in [0.2, 0.25) is 0 Å². The standard InChI is InChI=1S/C21H17N3O4/c1-14-12-16(10-11-19(14)24(27)28)21(26)23-18-9-5-8-17(13-18)22-20(25)15-6-3-2-4-7-15/h2-13H,1H3,(H,22,25)(H,23,26). The molecule has 0 unspecified atom stereocenters. The Morgan fingerprint density at radius 3 is 1.96 bits per heavy atom. The first-order valence-corrected chi connectivity index (χ1v) is 8.47. The molecule has 0 fully saturated rings. The highest BCUT2D eigenvalue weighted by Crippen LogP contribution is 2.21. The zero-order valence-corrected chi connectivity index (χ0v) is 15.0. The van der Waals surface area contributed by atoms with Gasteiger partial charge in [0.1, 0.15) is 0 Å². The van der Waals surface area contributed by atoms with Gasteiger partial charge in [0.2, 0.25) is 0 Å². The number of nitrogens with one attached hydrogen (secondary N) is 2. The van der Waals surface area contributed by atoms with Crippen LogP contribution in [0.4, 0.5) is 17.1 Å². The number of rotatable bonds is 5. The predicted octanol–water partition coefficient (Wildman–Crippen LogP) is 4.41. The van der Waals surface area contributed by atoms with Crippen molar-refractivity contribution in [1.82, 2.24) is 0 Å². The molecule has 0 aliphatic heterocycles. The minimum atomic E-state index is -0.490. The van der Waals surface area contributed by atoms with Crippen molar-refractivity contribution < 1.29 is 14.5 Å². The molecule has 28 heavy (non-hydrogen) atoms. The topological polar surface area (TPSA) is 101 Å². The largest absolute Gasteiger partial charge is 0.322 e. The minimum absolute atomic E-state index is 0.0397. The van der Waals surface area contributed by atoms with Crippen molar-refractivity contribution in [1.29, 1.82) is 0 Å². The third-order valence-electron chi connectivity index (χ3n) is 4.07. The van der Waals surface area contributed by atoms with Gasteiger partial charge in [0.25, 0.3) is 17.5 Å². The monoisotopic (exact) mass is 375 g/mol. The van der Waals surface area contributed by atoms with Gasteiger partial charge >= 0.3 is 0 Å². The zero-order valence-electron chi connectivity index (χ0n) is 15.0. The van der Waals surface area contributed by atoms with Crippen molar-refractivity contribution in [2.75, 3.05) is 10.6 Å². The van der Waals surface area contributed by atoms with Gasteiger partial charge in [-0.15, -0.1) is 0 Å². The minimum Gasteiger partial charge on any atom is -0.322 e. The van der Waals surface area contributed by atoms with Crippen LogP contribution in [-0.4, -0.2) is 16.7 Å². The van der Waals surface area contributed by atoms with Crippen LogP contribution in [0.15, 0.2) is 72.8 Å². The molecule has 140 valence electrons. The number of aryl methyl sites for hydroxylation is 1. The van der Waals surface area contributed by atoms with Crippen molar-refractivity contribution in [3.05, 3.63) is 99.6 Å². The molecule has 7 nitrogen and oxygen atoms in total. The van der Waals surface area contributed by atoms with E-state index in [1.807, 2.05) is 6.07 Å². The second-order valence-electron chi connectivity index (χ2n) is 6.11. The Labute approximate surface area is 161 Å². The lowest BCUT2D eigenvalue weighted by molar-refractivity contribution is -0.385. The molecule has 7 heteroatoms. The number of anilines is 2. The molecule has 0 radical (unpaired) electrons. The molecule has 0 aromatic heterocycles. The van der Waals surface area contributed by atoms with Gasteiger partial charge in [0.05, 0.1) is 4.92 Å². The van der Waals surface area contributed by atoms with E-state index in [4.69, 9.17) is 0 Å². The third kappa shape index (κ3) is 4.39. The summed E-state index contributed by atoms with van der Waals surface area (Å²) < 4.78 is 0. The normalized spacial score (nSPS) is 10.2. The van der Waals surface area contributed by atoms with E-state index >= 15 is 0 Å². The van der Waals surface area contributed by atoms with Crippen LogP contribution >= 0.6 is 0 Å². The molecule has 3 rings (SSSR count). The van der Waals surface area contributed by atoms with E-state index in [-0.39, 0.29) is 11.6 Å². The fraction of sp³-hybridized carbons (Fsp3) is 0.0476. The molecule has 3 aromatic carbocycles. The van der Waals surface area contributed by atoms with Crippen molar-refractivity contribution >= 4 is 28.9 Å². The lowest BCUT2D eigenvalue weighted by Crippen LogP contribution is -2.14. The smallest absolute Gasteiger partial charge is 0.272 e. The van der Waals surface area contributed by atoms with E-state index in [0.717, 1.165) is 0 Å². The van der Waals surface area contributed by atoms with Gasteiger partial charge in [0.15, 0.2) is 0 Å². The molecule has 0 bridgehead atoms. The summed E-state index contributed by atoms with van der Waals surface area (Å²) in [4.78, 5) is 35.1. The number of carbonyl (C=O) groups is 2. The second-order valence-corrected chi connectivity index (χ2v) is 6.11. The van der Waals surface area contributed by atoms with Gasteiger partial charge in [-0.1, -0.05) is 24.3 Å². The van der Waals surface area contributed by atoms with Crippen LogP contribution in [0.3, 0.4) is 0 Å². The maximum atomic E-state index is 12.4. The molecule has 3 aromatic rings. The van der Waals surface area contributed by atoms with Crippen LogP contribution in [0.25, 0.3) is 0 Å². The molecule has 0 saturated heterocycles. The molecule has 0 heterocycles. The van der Waals surface area contributed by atoms with E-state index in [2.05, 4.69) is 10.6 Å². The van der Waals surface area contributed by atoms with Gasteiger partial charge in [-0.2, -0.15) is 0 Å². The molecule has 0 aliphatic rings. The molecule has 2 N–H and O–H groups in total. The molecular formula is C21H17N3O4. The number of hydrogen-bond acceptors (Lipinski definition) is 4. The Hall–Kier alpha value is -4.00. The first-order chi connectivity index (χ1) is 13.4. The molecule has 2 amide bonds. The number of benzene rings is 3. The first-order valence-electron chi connectivity index (χ1n) is 8.47. The van der Waals surface area contributed by atoms with Gasteiger partial charge in [-0.05, 0) is 49.4 Å². The summed E-state index contributed by atoms with van der Waals surface area (Å²) >= 11 is 0. The molecular weight excluding hydrogens is 358 g/mol. The third-order valence-corrected chi connectivity index (χ3v) is 4.07. The highest BCUT2D eigenvalue weighted by Gasteiger charge is 2.14. The average molecular weight is 375 g/mol. The van der Waals surface area contributed by atoms with E-state index in [9.17, 15) is 19.7 Å². The summed E-state index contributed by atoms with van der Waals surface area (Å²) in [7, 11) is 0. The van der Waals surface area contributed by atoms with Crippen molar-refractivity contribution in [2.24, 2.45) is 0 Å². The highest BCUT2D eigenvalue weighted by molar-refractivity contribution is 6.06. The Morgan fingerprint density at radius 1 is 0.786 bits per heavy atom. The molecule has 0 aliphatic carbocycles. The summed E-state index contributed by atoms with van der Waals surface area (Å²) in [6.45, 7) is 1.58. The number of carbonyl (C=O) groups excluding carboxylic acids is 2. The predicted molar refractivity (Wildman–Crippen MR) is 107 cm³/mol. The quantitative estimate of drug-likeness (QED) is 0.509. The number of nitro benzene ring substituents is 1. The van der Waals surface area contributed by atoms with Crippen LogP contribution in [0.5, 0.6) is 0 Å². The summed E-state index contributed by atoms with van der Waals surface area (Å²) in [6.07, 6.45) is 0. The van der Waals surface area contributed by atoms with E-state index < -0.39 is 10.8 Å². The summed E-state index contributed by atoms with van der Waals surface area (Å²) in [5.41, 5.74) is 2.22. The van der Waals surface area contributed by atoms with Crippen molar-refractivity contribution in [3.63, 3.8) is 0 Å². The Bertz CT molecular complexity index is 1050. The van der Waals surface area contributed by atoms with E-state index in [1.54, 1.807) is 55.5 Å². The Morgan fingerprint density at radius 2 is 1.39 bits per heavy atom. The maximum Gasteiger partial charge on any atom is 0.272 e. The van der Waals surface area contributed by atoms with Crippen molar-refractivity contribution in [3.8, 4) is 0 Å². The highest BCUT2D eigenvalue weighted by atomic mass is 16.6. The summed E-state index contributed by atoms with van der Waals surface area (Å²) in [5.74, 6) is -0.653. The number of amides is 2. The lowest BCUT2D eigenvalue weighted by atomic mass is 10.1. The molecule has 0 atom stereocenters.